The van der Waals surface area contributed by atoms with Crippen molar-refractivity contribution in [2.45, 2.75) is 31.8 Å². The number of halogens is 1. The molecule has 4 heteroatoms. The number of piperidine rings is 1. The maximum atomic E-state index is 13.0. The molecule has 3 nitrogen and oxygen atoms in total. The van der Waals surface area contributed by atoms with Crippen LogP contribution in [-0.2, 0) is 0 Å². The fraction of sp³-hybridized carbons (Fsp3) is 0.600. The second kappa shape index (κ2) is 5.10. The van der Waals surface area contributed by atoms with Gasteiger partial charge in [0.25, 0.3) is 0 Å². The lowest BCUT2D eigenvalue weighted by molar-refractivity contribution is 0.246. The molecule has 104 valence electrons. The molecule has 3 atom stereocenters. The van der Waals surface area contributed by atoms with Gasteiger partial charge in [-0.3, -0.25) is 4.90 Å². The van der Waals surface area contributed by atoms with Gasteiger partial charge < -0.3 is 10.4 Å². The molecule has 2 heterocycles. The van der Waals surface area contributed by atoms with E-state index in [0.29, 0.717) is 6.04 Å². The Morgan fingerprint density at radius 2 is 2.26 bits per heavy atom. The molecule has 2 aliphatic rings. The van der Waals surface area contributed by atoms with Gasteiger partial charge in [-0.2, -0.15) is 0 Å². The van der Waals surface area contributed by atoms with Crippen LogP contribution in [0.2, 0.25) is 0 Å². The fourth-order valence-corrected chi connectivity index (χ4v) is 3.46. The van der Waals surface area contributed by atoms with E-state index in [0.717, 1.165) is 31.1 Å². The summed E-state index contributed by atoms with van der Waals surface area (Å²) >= 11 is 0. The zero-order valence-corrected chi connectivity index (χ0v) is 11.3. The van der Waals surface area contributed by atoms with E-state index in [1.165, 1.54) is 25.0 Å². The van der Waals surface area contributed by atoms with Crippen molar-refractivity contribution in [3.8, 4) is 5.75 Å². The topological polar surface area (TPSA) is 35.5 Å². The number of nitrogens with zero attached hydrogens (tertiary/aromatic N) is 1. The van der Waals surface area contributed by atoms with Crippen LogP contribution in [0.15, 0.2) is 18.2 Å². The molecule has 3 unspecified atom stereocenters. The lowest BCUT2D eigenvalue weighted by Crippen LogP contribution is -2.40. The minimum Gasteiger partial charge on any atom is -0.508 e. The monoisotopic (exact) mass is 264 g/mol. The molecule has 0 aliphatic carbocycles. The SMILES string of the molecule is CC(c1ccc(F)cc1O)N1CC2CCCNC2C1. The van der Waals surface area contributed by atoms with Gasteiger partial charge in [0, 0.05) is 36.8 Å². The first-order chi connectivity index (χ1) is 9.15. The maximum Gasteiger partial charge on any atom is 0.126 e. The summed E-state index contributed by atoms with van der Waals surface area (Å²) in [6.45, 7) is 5.29. The van der Waals surface area contributed by atoms with Gasteiger partial charge in [-0.1, -0.05) is 6.07 Å². The highest BCUT2D eigenvalue weighted by atomic mass is 19.1. The summed E-state index contributed by atoms with van der Waals surface area (Å²) in [7, 11) is 0. The Morgan fingerprint density at radius 3 is 3.00 bits per heavy atom. The van der Waals surface area contributed by atoms with Gasteiger partial charge in [0.2, 0.25) is 0 Å². The Labute approximate surface area is 113 Å². The normalized spacial score (nSPS) is 29.2. The summed E-state index contributed by atoms with van der Waals surface area (Å²) < 4.78 is 13.0. The second-order valence-corrected chi connectivity index (χ2v) is 5.80. The van der Waals surface area contributed by atoms with Crippen LogP contribution in [0.4, 0.5) is 4.39 Å². The van der Waals surface area contributed by atoms with E-state index in [1.54, 1.807) is 6.07 Å². The van der Waals surface area contributed by atoms with Crippen molar-refractivity contribution >= 4 is 0 Å². The molecule has 2 N–H and O–H groups in total. The third-order valence-electron chi connectivity index (χ3n) is 4.62. The molecule has 0 amide bonds. The van der Waals surface area contributed by atoms with Gasteiger partial charge in [0.05, 0.1) is 0 Å². The third kappa shape index (κ3) is 2.47. The van der Waals surface area contributed by atoms with Gasteiger partial charge in [-0.15, -0.1) is 0 Å². The van der Waals surface area contributed by atoms with Crippen LogP contribution < -0.4 is 5.32 Å². The van der Waals surface area contributed by atoms with Crippen LogP contribution in [0.3, 0.4) is 0 Å². The van der Waals surface area contributed by atoms with E-state index in [2.05, 4.69) is 17.1 Å². The van der Waals surface area contributed by atoms with Crippen molar-refractivity contribution < 1.29 is 9.50 Å². The summed E-state index contributed by atoms with van der Waals surface area (Å²) in [5, 5.41) is 13.5. The number of nitrogens with one attached hydrogen (secondary N) is 1. The average molecular weight is 264 g/mol. The number of benzene rings is 1. The number of hydrogen-bond donors (Lipinski definition) is 2. The standard InChI is InChI=1S/C15H21FN2O/c1-10(13-5-4-12(16)7-15(13)19)18-8-11-3-2-6-17-14(11)9-18/h4-5,7,10-11,14,17,19H,2-3,6,8-9H2,1H3. The minimum absolute atomic E-state index is 0.0651. The van der Waals surface area contributed by atoms with E-state index in [4.69, 9.17) is 0 Å². The number of phenols is 1. The number of rotatable bonds is 2. The molecule has 0 saturated carbocycles. The first-order valence-electron chi connectivity index (χ1n) is 7.11. The van der Waals surface area contributed by atoms with Gasteiger partial charge in [-0.05, 0) is 38.3 Å². The molecule has 2 fully saturated rings. The van der Waals surface area contributed by atoms with Gasteiger partial charge in [-0.25, -0.2) is 4.39 Å². The number of hydrogen-bond acceptors (Lipinski definition) is 3. The smallest absolute Gasteiger partial charge is 0.126 e. The highest BCUT2D eigenvalue weighted by molar-refractivity contribution is 5.35. The van der Waals surface area contributed by atoms with Crippen molar-refractivity contribution in [3.63, 3.8) is 0 Å². The summed E-state index contributed by atoms with van der Waals surface area (Å²) in [6, 6.07) is 5.04. The van der Waals surface area contributed by atoms with Crippen LogP contribution in [0.25, 0.3) is 0 Å². The molecule has 0 aromatic heterocycles. The molecule has 3 rings (SSSR count). The molecule has 1 aromatic rings. The zero-order valence-electron chi connectivity index (χ0n) is 11.3. The van der Waals surface area contributed by atoms with Gasteiger partial charge in [0.15, 0.2) is 0 Å². The van der Waals surface area contributed by atoms with Crippen molar-refractivity contribution in [1.82, 2.24) is 10.2 Å². The quantitative estimate of drug-likeness (QED) is 0.860. The Bertz CT molecular complexity index is 451. The van der Waals surface area contributed by atoms with Crippen molar-refractivity contribution in [2.24, 2.45) is 5.92 Å². The van der Waals surface area contributed by atoms with Crippen LogP contribution in [0, 0.1) is 11.7 Å². The first kappa shape index (κ1) is 12.9. The van der Waals surface area contributed by atoms with Crippen molar-refractivity contribution in [3.05, 3.63) is 29.6 Å². The van der Waals surface area contributed by atoms with E-state index < -0.39 is 0 Å². The summed E-state index contributed by atoms with van der Waals surface area (Å²) in [6.07, 6.45) is 2.54. The van der Waals surface area contributed by atoms with Crippen molar-refractivity contribution in [1.29, 1.82) is 0 Å². The van der Waals surface area contributed by atoms with E-state index in [-0.39, 0.29) is 17.6 Å². The van der Waals surface area contributed by atoms with Gasteiger partial charge >= 0.3 is 0 Å². The van der Waals surface area contributed by atoms with Gasteiger partial charge in [0.1, 0.15) is 11.6 Å². The second-order valence-electron chi connectivity index (χ2n) is 5.80. The lowest BCUT2D eigenvalue weighted by Gasteiger charge is -2.25. The largest absolute Gasteiger partial charge is 0.508 e. The third-order valence-corrected chi connectivity index (χ3v) is 4.62. The molecule has 2 saturated heterocycles. The molecule has 1 aromatic carbocycles. The summed E-state index contributed by atoms with van der Waals surface area (Å²) in [5.74, 6) is 0.402. The number of aromatic hydroxyl groups is 1. The van der Waals surface area contributed by atoms with Crippen LogP contribution in [0.1, 0.15) is 31.4 Å². The maximum absolute atomic E-state index is 13.0. The highest BCUT2D eigenvalue weighted by Crippen LogP contribution is 2.34. The predicted molar refractivity (Wildman–Crippen MR) is 72.6 cm³/mol. The Morgan fingerprint density at radius 1 is 1.42 bits per heavy atom. The summed E-state index contributed by atoms with van der Waals surface area (Å²) in [4.78, 5) is 2.39. The Balaban J connectivity index is 1.75. The predicted octanol–water partition coefficient (Wildman–Crippen LogP) is 2.28. The number of phenolic OH excluding ortho intramolecular Hbond substituents is 1. The Hall–Kier alpha value is -1.13. The molecule has 0 spiro atoms. The van der Waals surface area contributed by atoms with Crippen LogP contribution >= 0.6 is 0 Å². The molecule has 2 aliphatic heterocycles. The summed E-state index contributed by atoms with van der Waals surface area (Å²) in [5.41, 5.74) is 0.819. The fourth-order valence-electron chi connectivity index (χ4n) is 3.46. The van der Waals surface area contributed by atoms with Crippen LogP contribution in [-0.4, -0.2) is 35.7 Å². The average Bonchev–Trinajstić information content (AvgIpc) is 2.81. The number of likely N-dealkylation sites (tertiary alicyclic amines) is 1. The minimum atomic E-state index is -0.384. The van der Waals surface area contributed by atoms with E-state index >= 15 is 0 Å². The Kier molecular flexibility index (Phi) is 3.46. The molecular weight excluding hydrogens is 243 g/mol. The van der Waals surface area contributed by atoms with Crippen LogP contribution in [0.5, 0.6) is 5.75 Å². The molecule has 19 heavy (non-hydrogen) atoms. The first-order valence-corrected chi connectivity index (χ1v) is 7.11. The molecule has 0 radical (unpaired) electrons. The van der Waals surface area contributed by atoms with E-state index in [9.17, 15) is 9.50 Å². The highest BCUT2D eigenvalue weighted by Gasteiger charge is 2.36. The van der Waals surface area contributed by atoms with E-state index in [1.807, 2.05) is 0 Å². The lowest BCUT2D eigenvalue weighted by atomic mass is 9.94. The molecule has 0 bridgehead atoms. The zero-order chi connectivity index (χ0) is 13.4. The molecular formula is C15H21FN2O. The number of fused-ring (bicyclic) bond motifs is 1. The van der Waals surface area contributed by atoms with Crippen molar-refractivity contribution in [2.75, 3.05) is 19.6 Å².